The smallest absolute Gasteiger partial charge is 0.125 e. The Kier molecular flexibility index (Phi) is 2.15. The molecule has 2 unspecified atom stereocenters. The molecule has 1 aliphatic rings. The molecule has 1 aromatic rings. The number of benzene rings is 1. The van der Waals surface area contributed by atoms with Crippen LogP contribution in [-0.2, 0) is 0 Å². The lowest BCUT2D eigenvalue weighted by atomic mass is 10.00. The lowest BCUT2D eigenvalue weighted by molar-refractivity contribution is 0.0916. The van der Waals surface area contributed by atoms with Crippen molar-refractivity contribution in [2.75, 3.05) is 6.61 Å². The average molecular weight is 200 g/mol. The van der Waals surface area contributed by atoms with Crippen LogP contribution in [0.3, 0.4) is 0 Å². The Morgan fingerprint density at radius 1 is 1.54 bits per heavy atom. The van der Waals surface area contributed by atoms with E-state index in [-0.39, 0.29) is 6.04 Å². The maximum absolute atomic E-state index is 9.69. The topological polar surface area (TPSA) is 55.5 Å². The maximum Gasteiger partial charge on any atom is 0.125 e. The van der Waals surface area contributed by atoms with Gasteiger partial charge in [-0.3, -0.25) is 0 Å². The fraction of sp³-hybridized carbons (Fsp3) is 0.333. The highest BCUT2D eigenvalue weighted by Gasteiger charge is 2.26. The molecule has 0 saturated heterocycles. The van der Waals surface area contributed by atoms with E-state index in [9.17, 15) is 5.11 Å². The summed E-state index contributed by atoms with van der Waals surface area (Å²) in [6.45, 7) is 0.343. The number of fused-ring (bicyclic) bond motifs is 1. The van der Waals surface area contributed by atoms with Gasteiger partial charge in [-0.1, -0.05) is 11.6 Å². The van der Waals surface area contributed by atoms with E-state index in [1.807, 2.05) is 0 Å². The SMILES string of the molecule is NC1COc2ccc(Cl)cc2C1O. The van der Waals surface area contributed by atoms with Crippen molar-refractivity contribution in [3.05, 3.63) is 28.8 Å². The van der Waals surface area contributed by atoms with E-state index in [4.69, 9.17) is 22.1 Å². The number of halogens is 1. The number of rotatable bonds is 0. The van der Waals surface area contributed by atoms with Gasteiger partial charge in [0.1, 0.15) is 18.5 Å². The van der Waals surface area contributed by atoms with Crippen molar-refractivity contribution in [3.63, 3.8) is 0 Å². The third-order valence-electron chi connectivity index (χ3n) is 2.13. The van der Waals surface area contributed by atoms with Crippen molar-refractivity contribution >= 4 is 11.6 Å². The van der Waals surface area contributed by atoms with E-state index >= 15 is 0 Å². The van der Waals surface area contributed by atoms with Gasteiger partial charge in [-0.05, 0) is 18.2 Å². The van der Waals surface area contributed by atoms with E-state index in [0.29, 0.717) is 22.9 Å². The van der Waals surface area contributed by atoms with Gasteiger partial charge in [0.2, 0.25) is 0 Å². The summed E-state index contributed by atoms with van der Waals surface area (Å²) in [5.41, 5.74) is 6.30. The number of nitrogens with two attached hydrogens (primary N) is 1. The molecule has 0 aromatic heterocycles. The summed E-state index contributed by atoms with van der Waals surface area (Å²) in [6, 6.07) is 4.78. The molecule has 3 N–H and O–H groups in total. The lowest BCUT2D eigenvalue weighted by Crippen LogP contribution is -2.38. The monoisotopic (exact) mass is 199 g/mol. The zero-order valence-electron chi connectivity index (χ0n) is 6.90. The Labute approximate surface area is 81.1 Å². The van der Waals surface area contributed by atoms with Crippen molar-refractivity contribution in [1.82, 2.24) is 0 Å². The van der Waals surface area contributed by atoms with Gasteiger partial charge in [-0.2, -0.15) is 0 Å². The van der Waals surface area contributed by atoms with Gasteiger partial charge in [0, 0.05) is 10.6 Å². The Morgan fingerprint density at radius 3 is 3.08 bits per heavy atom. The second kappa shape index (κ2) is 3.18. The molecule has 0 fully saturated rings. The van der Waals surface area contributed by atoms with E-state index in [1.165, 1.54) is 0 Å². The largest absolute Gasteiger partial charge is 0.491 e. The van der Waals surface area contributed by atoms with Crippen LogP contribution >= 0.6 is 11.6 Å². The minimum Gasteiger partial charge on any atom is -0.491 e. The number of hydrogen-bond acceptors (Lipinski definition) is 3. The fourth-order valence-electron chi connectivity index (χ4n) is 1.39. The minimum absolute atomic E-state index is 0.343. The summed E-state index contributed by atoms with van der Waals surface area (Å²) in [4.78, 5) is 0. The van der Waals surface area contributed by atoms with E-state index in [1.54, 1.807) is 18.2 Å². The summed E-state index contributed by atoms with van der Waals surface area (Å²) in [6.07, 6.45) is -0.678. The molecule has 2 atom stereocenters. The molecule has 0 spiro atoms. The van der Waals surface area contributed by atoms with Crippen LogP contribution in [0, 0.1) is 0 Å². The lowest BCUT2D eigenvalue weighted by Gasteiger charge is -2.27. The maximum atomic E-state index is 9.69. The summed E-state index contributed by atoms with van der Waals surface area (Å²) in [5.74, 6) is 0.665. The molecule has 2 rings (SSSR count). The summed E-state index contributed by atoms with van der Waals surface area (Å²) in [5, 5.41) is 10.3. The zero-order chi connectivity index (χ0) is 9.42. The molecule has 0 aliphatic carbocycles. The highest BCUT2D eigenvalue weighted by molar-refractivity contribution is 6.30. The molecule has 4 heteroatoms. The van der Waals surface area contributed by atoms with Crippen LogP contribution in [0.2, 0.25) is 5.02 Å². The average Bonchev–Trinajstić information content (AvgIpc) is 2.12. The van der Waals surface area contributed by atoms with Crippen LogP contribution in [0.15, 0.2) is 18.2 Å². The molecular weight excluding hydrogens is 190 g/mol. The molecule has 1 aromatic carbocycles. The van der Waals surface area contributed by atoms with Gasteiger partial charge < -0.3 is 15.6 Å². The van der Waals surface area contributed by atoms with Gasteiger partial charge in [0.15, 0.2) is 0 Å². The van der Waals surface area contributed by atoms with Gasteiger partial charge in [0.05, 0.1) is 6.04 Å². The Bertz CT molecular complexity index is 329. The Hall–Kier alpha value is -0.770. The quantitative estimate of drug-likeness (QED) is 0.658. The molecule has 0 bridgehead atoms. The van der Waals surface area contributed by atoms with Crippen LogP contribution in [0.5, 0.6) is 5.75 Å². The van der Waals surface area contributed by atoms with Crippen LogP contribution in [-0.4, -0.2) is 17.8 Å². The van der Waals surface area contributed by atoms with Crippen LogP contribution < -0.4 is 10.5 Å². The first-order chi connectivity index (χ1) is 6.18. The third kappa shape index (κ3) is 1.50. The second-order valence-corrected chi connectivity index (χ2v) is 3.54. The van der Waals surface area contributed by atoms with Gasteiger partial charge in [-0.25, -0.2) is 0 Å². The number of aliphatic hydroxyl groups excluding tert-OH is 1. The van der Waals surface area contributed by atoms with Crippen molar-refractivity contribution in [3.8, 4) is 5.75 Å². The number of aliphatic hydroxyl groups is 1. The molecule has 0 amide bonds. The Morgan fingerprint density at radius 2 is 2.31 bits per heavy atom. The number of hydrogen-bond donors (Lipinski definition) is 2. The van der Waals surface area contributed by atoms with Crippen molar-refractivity contribution in [1.29, 1.82) is 0 Å². The summed E-state index contributed by atoms with van der Waals surface area (Å²) >= 11 is 5.78. The number of ether oxygens (including phenoxy) is 1. The first kappa shape index (κ1) is 8.81. The minimum atomic E-state index is -0.678. The van der Waals surface area contributed by atoms with Gasteiger partial charge in [-0.15, -0.1) is 0 Å². The third-order valence-corrected chi connectivity index (χ3v) is 2.36. The highest BCUT2D eigenvalue weighted by atomic mass is 35.5. The normalized spacial score (nSPS) is 26.4. The Balaban J connectivity index is 2.45. The predicted molar refractivity (Wildman–Crippen MR) is 49.9 cm³/mol. The van der Waals surface area contributed by atoms with Gasteiger partial charge >= 0.3 is 0 Å². The van der Waals surface area contributed by atoms with E-state index < -0.39 is 6.10 Å². The van der Waals surface area contributed by atoms with Gasteiger partial charge in [0.25, 0.3) is 0 Å². The highest BCUT2D eigenvalue weighted by Crippen LogP contribution is 2.33. The molecule has 70 valence electrons. The van der Waals surface area contributed by atoms with E-state index in [2.05, 4.69) is 0 Å². The standard InChI is InChI=1S/C9H10ClNO2/c10-5-1-2-8-6(3-5)9(12)7(11)4-13-8/h1-3,7,9,12H,4,11H2. The zero-order valence-corrected chi connectivity index (χ0v) is 7.66. The van der Waals surface area contributed by atoms with Crippen LogP contribution in [0.25, 0.3) is 0 Å². The molecule has 0 radical (unpaired) electrons. The predicted octanol–water partition coefficient (Wildman–Crippen LogP) is 1.09. The van der Waals surface area contributed by atoms with Crippen molar-refractivity contribution < 1.29 is 9.84 Å². The van der Waals surface area contributed by atoms with Crippen LogP contribution in [0.4, 0.5) is 0 Å². The van der Waals surface area contributed by atoms with Crippen molar-refractivity contribution in [2.45, 2.75) is 12.1 Å². The first-order valence-corrected chi connectivity index (χ1v) is 4.42. The molecule has 0 saturated carbocycles. The summed E-state index contributed by atoms with van der Waals surface area (Å²) < 4.78 is 5.32. The molecule has 3 nitrogen and oxygen atoms in total. The van der Waals surface area contributed by atoms with Crippen molar-refractivity contribution in [2.24, 2.45) is 5.73 Å². The molecule has 1 aliphatic heterocycles. The second-order valence-electron chi connectivity index (χ2n) is 3.10. The molecule has 1 heterocycles. The molecule has 13 heavy (non-hydrogen) atoms. The van der Waals surface area contributed by atoms with E-state index in [0.717, 1.165) is 0 Å². The molecular formula is C9H10ClNO2. The van der Waals surface area contributed by atoms with Crippen LogP contribution in [0.1, 0.15) is 11.7 Å². The first-order valence-electron chi connectivity index (χ1n) is 4.04. The summed E-state index contributed by atoms with van der Waals surface area (Å²) in [7, 11) is 0. The fourth-order valence-corrected chi connectivity index (χ4v) is 1.57.